The number of sulfone groups is 1. The fourth-order valence-electron chi connectivity index (χ4n) is 3.07. The van der Waals surface area contributed by atoms with Gasteiger partial charge in [0.1, 0.15) is 9.84 Å². The molecule has 1 unspecified atom stereocenters. The van der Waals surface area contributed by atoms with E-state index in [1.165, 1.54) is 31.9 Å². The van der Waals surface area contributed by atoms with Gasteiger partial charge in [-0.3, -0.25) is 0 Å². The molecule has 19 heavy (non-hydrogen) atoms. The van der Waals surface area contributed by atoms with Gasteiger partial charge < -0.3 is 10.5 Å². The van der Waals surface area contributed by atoms with Gasteiger partial charge in [-0.2, -0.15) is 0 Å². The van der Waals surface area contributed by atoms with E-state index in [9.17, 15) is 8.42 Å². The predicted octanol–water partition coefficient (Wildman–Crippen LogP) is 2.27. The Morgan fingerprint density at radius 3 is 2.26 bits per heavy atom. The minimum atomic E-state index is -2.89. The molecule has 1 rings (SSSR count). The highest BCUT2D eigenvalue weighted by Crippen LogP contribution is 2.34. The van der Waals surface area contributed by atoms with Gasteiger partial charge >= 0.3 is 0 Å². The molecule has 1 aliphatic rings. The van der Waals surface area contributed by atoms with Crippen molar-refractivity contribution in [2.24, 2.45) is 5.73 Å². The molecular formula is C14H29NO3S. The first kappa shape index (κ1) is 16.9. The van der Waals surface area contributed by atoms with Crippen LogP contribution < -0.4 is 5.73 Å². The van der Waals surface area contributed by atoms with Gasteiger partial charge in [-0.1, -0.05) is 25.7 Å². The monoisotopic (exact) mass is 291 g/mol. The summed E-state index contributed by atoms with van der Waals surface area (Å²) < 4.78 is 28.4. The minimum absolute atomic E-state index is 0.0488. The van der Waals surface area contributed by atoms with E-state index in [2.05, 4.69) is 0 Å². The van der Waals surface area contributed by atoms with Gasteiger partial charge in [-0.25, -0.2) is 8.42 Å². The Morgan fingerprint density at radius 2 is 1.79 bits per heavy atom. The van der Waals surface area contributed by atoms with Crippen LogP contribution in [0.4, 0.5) is 0 Å². The third-order valence-corrected chi connectivity index (χ3v) is 5.12. The Morgan fingerprint density at radius 1 is 1.21 bits per heavy atom. The molecule has 0 spiro atoms. The highest BCUT2D eigenvalue weighted by Gasteiger charge is 2.37. The molecule has 0 bridgehead atoms. The molecule has 1 saturated carbocycles. The standard InChI is InChI=1S/C14H29NO3S/c1-3-18-14(10-6-4-5-7-11-14)13(15)9-8-12-19(2,16)17/h13H,3-12,15H2,1-2H3. The smallest absolute Gasteiger partial charge is 0.147 e. The lowest BCUT2D eigenvalue weighted by Crippen LogP contribution is -2.50. The Labute approximate surface area is 118 Å². The average Bonchev–Trinajstić information content (AvgIpc) is 2.54. The fourth-order valence-corrected chi connectivity index (χ4v) is 3.76. The summed E-state index contributed by atoms with van der Waals surface area (Å²) in [5, 5.41) is 0. The van der Waals surface area contributed by atoms with Crippen molar-refractivity contribution < 1.29 is 13.2 Å². The minimum Gasteiger partial charge on any atom is -0.374 e. The Kier molecular flexibility index (Phi) is 6.77. The molecule has 0 aromatic heterocycles. The van der Waals surface area contributed by atoms with E-state index in [1.807, 2.05) is 6.92 Å². The molecule has 1 fully saturated rings. The highest BCUT2D eigenvalue weighted by atomic mass is 32.2. The molecule has 0 radical (unpaired) electrons. The van der Waals surface area contributed by atoms with Crippen LogP contribution in [0.3, 0.4) is 0 Å². The zero-order chi connectivity index (χ0) is 14.4. The van der Waals surface area contributed by atoms with Gasteiger partial charge in [-0.15, -0.1) is 0 Å². The zero-order valence-corrected chi connectivity index (χ0v) is 13.2. The van der Waals surface area contributed by atoms with Crippen molar-refractivity contribution in [1.29, 1.82) is 0 Å². The molecule has 0 aromatic rings. The second-order valence-electron chi connectivity index (χ2n) is 5.79. The van der Waals surface area contributed by atoms with Crippen molar-refractivity contribution in [2.75, 3.05) is 18.6 Å². The number of hydrogen-bond donors (Lipinski definition) is 1. The number of nitrogens with two attached hydrogens (primary N) is 1. The van der Waals surface area contributed by atoms with Crippen molar-refractivity contribution in [2.45, 2.75) is 69.9 Å². The molecule has 0 amide bonds. The summed E-state index contributed by atoms with van der Waals surface area (Å²) in [6.45, 7) is 2.69. The van der Waals surface area contributed by atoms with Crippen LogP contribution in [0.15, 0.2) is 0 Å². The first-order valence-electron chi connectivity index (χ1n) is 7.47. The summed E-state index contributed by atoms with van der Waals surface area (Å²) in [5.41, 5.74) is 6.13. The van der Waals surface area contributed by atoms with E-state index in [0.29, 0.717) is 13.0 Å². The molecule has 1 aliphatic carbocycles. The van der Waals surface area contributed by atoms with Crippen LogP contribution in [0, 0.1) is 0 Å². The van der Waals surface area contributed by atoms with E-state index in [0.717, 1.165) is 19.3 Å². The second-order valence-corrected chi connectivity index (χ2v) is 8.05. The molecule has 5 heteroatoms. The molecule has 0 saturated heterocycles. The van der Waals surface area contributed by atoms with Crippen LogP contribution in [-0.4, -0.2) is 38.7 Å². The maximum atomic E-state index is 11.2. The first-order chi connectivity index (χ1) is 8.90. The highest BCUT2D eigenvalue weighted by molar-refractivity contribution is 7.90. The van der Waals surface area contributed by atoms with Gasteiger partial charge in [0.15, 0.2) is 0 Å². The molecule has 1 atom stereocenters. The van der Waals surface area contributed by atoms with E-state index in [4.69, 9.17) is 10.5 Å². The van der Waals surface area contributed by atoms with E-state index >= 15 is 0 Å². The summed E-state index contributed by atoms with van der Waals surface area (Å²) in [6, 6.07) is -0.0488. The van der Waals surface area contributed by atoms with Crippen molar-refractivity contribution in [1.82, 2.24) is 0 Å². The van der Waals surface area contributed by atoms with Crippen LogP contribution >= 0.6 is 0 Å². The van der Waals surface area contributed by atoms with E-state index in [-0.39, 0.29) is 17.4 Å². The Balaban J connectivity index is 2.58. The Hall–Kier alpha value is -0.130. The molecular weight excluding hydrogens is 262 g/mol. The molecule has 0 aromatic carbocycles. The zero-order valence-electron chi connectivity index (χ0n) is 12.4. The van der Waals surface area contributed by atoms with Crippen LogP contribution in [0.1, 0.15) is 58.3 Å². The lowest BCUT2D eigenvalue weighted by molar-refractivity contribution is -0.0700. The largest absolute Gasteiger partial charge is 0.374 e. The summed E-state index contributed by atoms with van der Waals surface area (Å²) in [4.78, 5) is 0. The topological polar surface area (TPSA) is 69.4 Å². The summed E-state index contributed by atoms with van der Waals surface area (Å²) >= 11 is 0. The van der Waals surface area contributed by atoms with Crippen LogP contribution in [0.2, 0.25) is 0 Å². The van der Waals surface area contributed by atoms with Gasteiger partial charge in [0.05, 0.1) is 5.60 Å². The lowest BCUT2D eigenvalue weighted by Gasteiger charge is -2.38. The summed E-state index contributed by atoms with van der Waals surface area (Å²) in [5.74, 6) is 0.225. The number of rotatable bonds is 7. The number of ether oxygens (including phenoxy) is 1. The van der Waals surface area contributed by atoms with Gasteiger partial charge in [0, 0.05) is 24.7 Å². The predicted molar refractivity (Wildman–Crippen MR) is 79.0 cm³/mol. The van der Waals surface area contributed by atoms with Gasteiger partial charge in [-0.05, 0) is 32.6 Å². The van der Waals surface area contributed by atoms with E-state index < -0.39 is 9.84 Å². The maximum absolute atomic E-state index is 11.2. The molecule has 0 heterocycles. The van der Waals surface area contributed by atoms with E-state index in [1.54, 1.807) is 0 Å². The second kappa shape index (κ2) is 7.60. The lowest BCUT2D eigenvalue weighted by atomic mass is 9.84. The average molecular weight is 291 g/mol. The maximum Gasteiger partial charge on any atom is 0.147 e. The van der Waals surface area contributed by atoms with Gasteiger partial charge in [0.25, 0.3) is 0 Å². The van der Waals surface area contributed by atoms with Crippen LogP contribution in [0.25, 0.3) is 0 Å². The SMILES string of the molecule is CCOC1(C(N)CCCS(C)(=O)=O)CCCCCC1. The first-order valence-corrected chi connectivity index (χ1v) is 9.53. The van der Waals surface area contributed by atoms with Gasteiger partial charge in [0.2, 0.25) is 0 Å². The number of hydrogen-bond acceptors (Lipinski definition) is 4. The normalized spacial score (nSPS) is 21.8. The van der Waals surface area contributed by atoms with Crippen LogP contribution in [0.5, 0.6) is 0 Å². The molecule has 2 N–H and O–H groups in total. The summed E-state index contributed by atoms with van der Waals surface area (Å²) in [6.07, 6.45) is 9.52. The van der Waals surface area contributed by atoms with Crippen molar-refractivity contribution in [3.63, 3.8) is 0 Å². The van der Waals surface area contributed by atoms with Crippen molar-refractivity contribution >= 4 is 9.84 Å². The quantitative estimate of drug-likeness (QED) is 0.731. The third-order valence-electron chi connectivity index (χ3n) is 4.09. The molecule has 114 valence electrons. The summed E-state index contributed by atoms with van der Waals surface area (Å²) in [7, 11) is -2.89. The fraction of sp³-hybridized carbons (Fsp3) is 1.00. The third kappa shape index (κ3) is 5.79. The molecule has 0 aliphatic heterocycles. The van der Waals surface area contributed by atoms with Crippen molar-refractivity contribution in [3.05, 3.63) is 0 Å². The van der Waals surface area contributed by atoms with Crippen LogP contribution in [-0.2, 0) is 14.6 Å². The Bertz CT molecular complexity index is 346. The molecule has 4 nitrogen and oxygen atoms in total. The van der Waals surface area contributed by atoms with Crippen molar-refractivity contribution in [3.8, 4) is 0 Å².